The number of thioether (sulfide) groups is 2. The minimum atomic E-state index is 0.575. The van der Waals surface area contributed by atoms with E-state index in [0.717, 1.165) is 11.5 Å². The zero-order valence-electron chi connectivity index (χ0n) is 4.90. The second-order valence-electron chi connectivity index (χ2n) is 1.21. The summed E-state index contributed by atoms with van der Waals surface area (Å²) < 4.78 is 1.25. The molecule has 0 bridgehead atoms. The Labute approximate surface area is 91.1 Å². The molecule has 0 aromatic rings. The van der Waals surface area contributed by atoms with Crippen LogP contribution in [0.25, 0.3) is 0 Å². The van der Waals surface area contributed by atoms with Crippen LogP contribution in [0.5, 0.6) is 0 Å². The second kappa shape index (κ2) is 7.12. The average molecular weight is 245 g/mol. The summed E-state index contributed by atoms with van der Waals surface area (Å²) in [6.45, 7) is 0. The summed E-state index contributed by atoms with van der Waals surface area (Å²) >= 11 is 21.1. The van der Waals surface area contributed by atoms with Crippen LogP contribution < -0.4 is 0 Å². The van der Waals surface area contributed by atoms with E-state index < -0.39 is 0 Å². The van der Waals surface area contributed by atoms with Crippen LogP contribution in [0.15, 0.2) is 0 Å². The Morgan fingerprint density at radius 2 is 1.80 bits per heavy atom. The molecule has 0 aliphatic rings. The van der Waals surface area contributed by atoms with Gasteiger partial charge in [-0.25, -0.2) is 0 Å². The zero-order chi connectivity index (χ0) is 7.98. The van der Waals surface area contributed by atoms with E-state index in [-0.39, 0.29) is 0 Å². The van der Waals surface area contributed by atoms with Gasteiger partial charge in [-0.05, 0) is 0 Å². The lowest BCUT2D eigenvalue weighted by atomic mass is 11.0. The van der Waals surface area contributed by atoms with Gasteiger partial charge in [0, 0.05) is 11.5 Å². The Morgan fingerprint density at radius 1 is 1.30 bits per heavy atom. The fourth-order valence-corrected chi connectivity index (χ4v) is 2.29. The highest BCUT2D eigenvalue weighted by molar-refractivity contribution is 8.42. The Hall–Kier alpha value is 1.45. The number of rotatable bonds is 3. The highest BCUT2D eigenvalue weighted by Gasteiger charge is 1.89. The second-order valence-corrected chi connectivity index (χ2v) is 6.73. The van der Waals surface area contributed by atoms with Crippen LogP contribution >= 0.6 is 60.6 Å². The van der Waals surface area contributed by atoms with Gasteiger partial charge in [0.2, 0.25) is 0 Å². The van der Waals surface area contributed by atoms with Crippen molar-refractivity contribution in [3.8, 4) is 0 Å². The first kappa shape index (κ1) is 11.4. The number of thiol groups is 1. The summed E-state index contributed by atoms with van der Waals surface area (Å²) in [6.07, 6.45) is 0. The van der Waals surface area contributed by atoms with E-state index in [9.17, 15) is 0 Å². The van der Waals surface area contributed by atoms with Crippen molar-refractivity contribution in [1.29, 1.82) is 0 Å². The maximum atomic E-state index is 4.73. The van der Waals surface area contributed by atoms with E-state index in [2.05, 4.69) is 12.6 Å². The maximum absolute atomic E-state index is 4.73. The van der Waals surface area contributed by atoms with Gasteiger partial charge in [-0.3, -0.25) is 0 Å². The molecular weight excluding hydrogens is 240 g/mol. The van der Waals surface area contributed by atoms with Crippen LogP contribution in [0.2, 0.25) is 0 Å². The molecule has 58 valence electrons. The van der Waals surface area contributed by atoms with E-state index in [1.165, 1.54) is 11.8 Å². The van der Waals surface area contributed by atoms with Gasteiger partial charge in [0.15, 0.2) is 0 Å². The summed E-state index contributed by atoms with van der Waals surface area (Å²) in [5, 5.41) is 0. The Morgan fingerprint density at radius 3 is 2.20 bits per heavy atom. The molecule has 0 aromatic heterocycles. The van der Waals surface area contributed by atoms with Gasteiger partial charge in [0.25, 0.3) is 0 Å². The van der Waals surface area contributed by atoms with Crippen LogP contribution in [0.4, 0.5) is 0 Å². The maximum Gasteiger partial charge on any atom is 0.101 e. The van der Waals surface area contributed by atoms with Gasteiger partial charge in [-0.15, -0.1) is 36.2 Å². The molecule has 0 fully saturated rings. The number of hydrogen-bond donors (Lipinski definition) is 1. The molecule has 0 aliphatic heterocycles. The molecule has 0 amide bonds. The molecule has 0 atom stereocenters. The third-order valence-corrected chi connectivity index (χ3v) is 3.53. The van der Waals surface area contributed by atoms with Gasteiger partial charge in [-0.1, -0.05) is 15.7 Å². The molecule has 0 nitrogen and oxygen atoms in total. The van der Waals surface area contributed by atoms with Crippen molar-refractivity contribution in [3.63, 3.8) is 0 Å². The topological polar surface area (TPSA) is 0 Å². The van der Waals surface area contributed by atoms with Crippen molar-refractivity contribution in [1.82, 2.24) is 0 Å². The molecule has 0 aromatic carbocycles. The molecule has 0 unspecified atom stereocenters. The molecule has 0 saturated carbocycles. The van der Waals surface area contributed by atoms with Gasteiger partial charge in [-0.2, -0.15) is 0 Å². The van der Waals surface area contributed by atoms with Crippen LogP contribution in [-0.2, 0) is 12.6 Å². The summed E-state index contributed by atoms with van der Waals surface area (Å²) in [7, 11) is 0. The molecule has 0 radical (unpaired) electrons. The third kappa shape index (κ3) is 9.45. The van der Waals surface area contributed by atoms with Gasteiger partial charge < -0.3 is 24.8 Å². The Bertz CT molecular complexity index is 114. The van der Waals surface area contributed by atoms with Crippen molar-refractivity contribution in [2.45, 2.75) is 0 Å². The zero-order valence-corrected chi connectivity index (χ0v) is 9.88. The molecule has 0 saturated heterocycles. The summed E-state index contributed by atoms with van der Waals surface area (Å²) in [6, 6.07) is 0. The summed E-state index contributed by atoms with van der Waals surface area (Å²) in [5.74, 6) is 1.86. The van der Waals surface area contributed by atoms with Crippen molar-refractivity contribution in [2.75, 3.05) is 11.5 Å². The van der Waals surface area contributed by atoms with E-state index in [0.29, 0.717) is 7.06 Å². The van der Waals surface area contributed by atoms with Crippen molar-refractivity contribution < 1.29 is 0 Å². The molecule has 0 spiro atoms. The van der Waals surface area contributed by atoms with Gasteiger partial charge in [0.1, 0.15) is 3.53 Å². The Balaban J connectivity index is 3.06. The lowest BCUT2D eigenvalue weighted by Gasteiger charge is -2.02. The first-order valence-electron chi connectivity index (χ1n) is 2.32. The van der Waals surface area contributed by atoms with Crippen LogP contribution in [0.1, 0.15) is 0 Å². The molecular formula is C4H5S6-. The Kier molecular flexibility index (Phi) is 8.15. The van der Waals surface area contributed by atoms with E-state index in [1.807, 2.05) is 0 Å². The van der Waals surface area contributed by atoms with E-state index in [4.69, 9.17) is 37.1 Å². The predicted octanol–water partition coefficient (Wildman–Crippen LogP) is 2.50. The molecule has 0 N–H and O–H groups in total. The molecule has 0 rings (SSSR count). The average Bonchev–Trinajstić information content (AvgIpc) is 1.79. The van der Waals surface area contributed by atoms with Gasteiger partial charge in [0.05, 0.1) is 0 Å². The lowest BCUT2D eigenvalue weighted by Crippen LogP contribution is -1.88. The summed E-state index contributed by atoms with van der Waals surface area (Å²) in [5.41, 5.74) is 0. The molecule has 0 aliphatic carbocycles. The quantitative estimate of drug-likeness (QED) is 0.350. The number of thiocarbonyl (C=S) groups is 2. The standard InChI is InChI=1S/C4H6S6/c5-3(6)9-1-2-10-4(7)8/h1-2H2,(H,5,6)(H,7,8)/p-1. The van der Waals surface area contributed by atoms with E-state index in [1.54, 1.807) is 11.8 Å². The molecule has 10 heavy (non-hydrogen) atoms. The van der Waals surface area contributed by atoms with Crippen molar-refractivity contribution >= 4 is 80.3 Å². The monoisotopic (exact) mass is 245 g/mol. The highest BCUT2D eigenvalue weighted by atomic mass is 32.2. The highest BCUT2D eigenvalue weighted by Crippen LogP contribution is 2.11. The first-order valence-corrected chi connectivity index (χ1v) is 5.96. The minimum absolute atomic E-state index is 0.575. The predicted molar refractivity (Wildman–Crippen MR) is 66.5 cm³/mol. The van der Waals surface area contributed by atoms with Crippen LogP contribution in [0, 0.1) is 0 Å². The van der Waals surface area contributed by atoms with Crippen molar-refractivity contribution in [2.24, 2.45) is 0 Å². The summed E-state index contributed by atoms with van der Waals surface area (Å²) in [4.78, 5) is 0. The fourth-order valence-electron chi connectivity index (χ4n) is 0.254. The lowest BCUT2D eigenvalue weighted by molar-refractivity contribution is 1.58. The van der Waals surface area contributed by atoms with Crippen LogP contribution in [0.3, 0.4) is 0 Å². The smallest absolute Gasteiger partial charge is 0.101 e. The largest absolute Gasteiger partial charge is 0.422 e. The first-order chi connectivity index (χ1) is 4.63. The minimum Gasteiger partial charge on any atom is -0.422 e. The van der Waals surface area contributed by atoms with Gasteiger partial charge >= 0.3 is 0 Å². The normalized spacial score (nSPS) is 9.30. The molecule has 6 heteroatoms. The SMILES string of the molecule is S=C([S-])SCCSC(=S)S. The third-order valence-electron chi connectivity index (χ3n) is 0.529. The molecule has 0 heterocycles. The number of hydrogen-bond acceptors (Lipinski definition) is 5. The van der Waals surface area contributed by atoms with Crippen LogP contribution in [-0.4, -0.2) is 18.6 Å². The van der Waals surface area contributed by atoms with E-state index >= 15 is 0 Å². The fraction of sp³-hybridized carbons (Fsp3) is 0.500. The van der Waals surface area contributed by atoms with Crippen molar-refractivity contribution in [3.05, 3.63) is 0 Å².